The fourth-order valence-corrected chi connectivity index (χ4v) is 3.36. The molecule has 112 valence electrons. The summed E-state index contributed by atoms with van der Waals surface area (Å²) >= 11 is 0. The van der Waals surface area contributed by atoms with Crippen molar-refractivity contribution in [1.29, 1.82) is 0 Å². The van der Waals surface area contributed by atoms with E-state index in [1.54, 1.807) is 25.1 Å². The standard InChI is InChI=1S/C16H20N2O2S/c1-14-8-6-7-11-16(14)21(19,20)17-12-13-18(2)15-9-4-3-5-10-15/h3-11,17H,12-13H2,1-2H3. The molecule has 0 unspecified atom stereocenters. The van der Waals surface area contributed by atoms with Gasteiger partial charge in [0.15, 0.2) is 0 Å². The van der Waals surface area contributed by atoms with Crippen LogP contribution in [0.25, 0.3) is 0 Å². The van der Waals surface area contributed by atoms with Gasteiger partial charge in [0, 0.05) is 25.8 Å². The van der Waals surface area contributed by atoms with Gasteiger partial charge in [0.1, 0.15) is 0 Å². The SMILES string of the molecule is Cc1ccccc1S(=O)(=O)NCCN(C)c1ccccc1. The molecule has 0 aliphatic rings. The number of likely N-dealkylation sites (N-methyl/N-ethyl adjacent to an activating group) is 1. The molecule has 0 saturated carbocycles. The van der Waals surface area contributed by atoms with E-state index < -0.39 is 10.0 Å². The van der Waals surface area contributed by atoms with Crippen LogP contribution in [-0.4, -0.2) is 28.6 Å². The topological polar surface area (TPSA) is 49.4 Å². The summed E-state index contributed by atoms with van der Waals surface area (Å²) in [5.41, 5.74) is 1.81. The molecule has 0 bridgehead atoms. The van der Waals surface area contributed by atoms with E-state index in [1.807, 2.05) is 48.3 Å². The van der Waals surface area contributed by atoms with E-state index in [9.17, 15) is 8.42 Å². The van der Waals surface area contributed by atoms with Crippen molar-refractivity contribution in [3.05, 3.63) is 60.2 Å². The number of benzene rings is 2. The minimum absolute atomic E-state index is 0.340. The van der Waals surface area contributed by atoms with Crippen LogP contribution in [0.2, 0.25) is 0 Å². The molecule has 0 amide bonds. The highest BCUT2D eigenvalue weighted by atomic mass is 32.2. The number of sulfonamides is 1. The Kier molecular flexibility index (Phi) is 4.98. The summed E-state index contributed by atoms with van der Waals surface area (Å²) in [7, 11) is -1.50. The third-order valence-corrected chi connectivity index (χ3v) is 4.94. The molecule has 0 spiro atoms. The van der Waals surface area contributed by atoms with Gasteiger partial charge in [-0.05, 0) is 30.7 Å². The zero-order chi connectivity index (χ0) is 15.3. The van der Waals surface area contributed by atoms with Gasteiger partial charge in [-0.3, -0.25) is 0 Å². The first-order chi connectivity index (χ1) is 10.0. The number of aryl methyl sites for hydroxylation is 1. The Morgan fingerprint density at radius 2 is 1.62 bits per heavy atom. The molecule has 21 heavy (non-hydrogen) atoms. The van der Waals surface area contributed by atoms with E-state index in [4.69, 9.17) is 0 Å². The number of hydrogen-bond acceptors (Lipinski definition) is 3. The first-order valence-corrected chi connectivity index (χ1v) is 8.30. The van der Waals surface area contributed by atoms with Gasteiger partial charge >= 0.3 is 0 Å². The number of hydrogen-bond donors (Lipinski definition) is 1. The molecule has 0 aliphatic carbocycles. The number of para-hydroxylation sites is 1. The van der Waals surface area contributed by atoms with Crippen molar-refractivity contribution in [2.75, 3.05) is 25.0 Å². The highest BCUT2D eigenvalue weighted by Crippen LogP contribution is 2.14. The lowest BCUT2D eigenvalue weighted by molar-refractivity contribution is 0.581. The molecule has 0 atom stereocenters. The van der Waals surface area contributed by atoms with Crippen molar-refractivity contribution in [3.8, 4) is 0 Å². The van der Waals surface area contributed by atoms with Crippen LogP contribution in [0.3, 0.4) is 0 Å². The zero-order valence-electron chi connectivity index (χ0n) is 12.3. The lowest BCUT2D eigenvalue weighted by Crippen LogP contribution is -2.33. The molecule has 5 heteroatoms. The molecular formula is C16H20N2O2S. The maximum Gasteiger partial charge on any atom is 0.240 e. The monoisotopic (exact) mass is 304 g/mol. The maximum atomic E-state index is 12.2. The van der Waals surface area contributed by atoms with Crippen LogP contribution in [0, 0.1) is 6.92 Å². The van der Waals surface area contributed by atoms with E-state index >= 15 is 0 Å². The largest absolute Gasteiger partial charge is 0.373 e. The number of rotatable bonds is 6. The fraction of sp³-hybridized carbons (Fsp3) is 0.250. The molecule has 0 heterocycles. The summed E-state index contributed by atoms with van der Waals surface area (Å²) in [5, 5.41) is 0. The highest BCUT2D eigenvalue weighted by molar-refractivity contribution is 7.89. The molecule has 0 fully saturated rings. The summed E-state index contributed by atoms with van der Waals surface area (Å²) in [5.74, 6) is 0. The van der Waals surface area contributed by atoms with Gasteiger partial charge in [-0.15, -0.1) is 0 Å². The molecule has 0 saturated heterocycles. The number of nitrogens with one attached hydrogen (secondary N) is 1. The summed E-state index contributed by atoms with van der Waals surface area (Å²) < 4.78 is 27.1. The molecular weight excluding hydrogens is 284 g/mol. The lowest BCUT2D eigenvalue weighted by atomic mass is 10.2. The fourth-order valence-electron chi connectivity index (χ4n) is 2.09. The van der Waals surface area contributed by atoms with Gasteiger partial charge in [-0.1, -0.05) is 36.4 Å². The van der Waals surface area contributed by atoms with Crippen LogP contribution in [0.4, 0.5) is 5.69 Å². The summed E-state index contributed by atoms with van der Waals surface area (Å²) in [6.07, 6.45) is 0. The van der Waals surface area contributed by atoms with Gasteiger partial charge in [0.05, 0.1) is 4.90 Å². The van der Waals surface area contributed by atoms with E-state index in [-0.39, 0.29) is 0 Å². The Balaban J connectivity index is 1.96. The lowest BCUT2D eigenvalue weighted by Gasteiger charge is -2.19. The van der Waals surface area contributed by atoms with Crippen LogP contribution in [-0.2, 0) is 10.0 Å². The Bertz CT molecular complexity index is 684. The van der Waals surface area contributed by atoms with Crippen LogP contribution in [0.5, 0.6) is 0 Å². The summed E-state index contributed by atoms with van der Waals surface area (Å²) in [6, 6.07) is 16.9. The molecule has 0 radical (unpaired) electrons. The van der Waals surface area contributed by atoms with E-state index in [0.29, 0.717) is 18.0 Å². The van der Waals surface area contributed by atoms with Crippen molar-refractivity contribution in [1.82, 2.24) is 4.72 Å². The Labute approximate surface area is 126 Å². The molecule has 2 aromatic rings. The molecule has 0 aromatic heterocycles. The summed E-state index contributed by atoms with van der Waals surface area (Å²) in [4.78, 5) is 2.35. The van der Waals surface area contributed by atoms with E-state index in [1.165, 1.54) is 0 Å². The predicted octanol–water partition coefficient (Wildman–Crippen LogP) is 2.41. The third kappa shape index (κ3) is 4.06. The Morgan fingerprint density at radius 1 is 1.00 bits per heavy atom. The summed E-state index contributed by atoms with van der Waals surface area (Å²) in [6.45, 7) is 2.77. The average molecular weight is 304 g/mol. The molecule has 2 rings (SSSR count). The van der Waals surface area contributed by atoms with Crippen LogP contribution >= 0.6 is 0 Å². The normalized spacial score (nSPS) is 11.3. The minimum atomic E-state index is -3.45. The molecule has 0 aliphatic heterocycles. The van der Waals surface area contributed by atoms with Crippen molar-refractivity contribution in [2.24, 2.45) is 0 Å². The quantitative estimate of drug-likeness (QED) is 0.891. The molecule has 2 aromatic carbocycles. The minimum Gasteiger partial charge on any atom is -0.373 e. The smallest absolute Gasteiger partial charge is 0.240 e. The van der Waals surface area contributed by atoms with Crippen LogP contribution < -0.4 is 9.62 Å². The van der Waals surface area contributed by atoms with E-state index in [2.05, 4.69) is 4.72 Å². The number of nitrogens with zero attached hydrogens (tertiary/aromatic N) is 1. The van der Waals surface area contributed by atoms with Crippen molar-refractivity contribution in [2.45, 2.75) is 11.8 Å². The van der Waals surface area contributed by atoms with Gasteiger partial charge < -0.3 is 4.90 Å². The predicted molar refractivity (Wildman–Crippen MR) is 86.1 cm³/mol. The number of anilines is 1. The van der Waals surface area contributed by atoms with Gasteiger partial charge in [0.25, 0.3) is 0 Å². The van der Waals surface area contributed by atoms with Gasteiger partial charge in [0.2, 0.25) is 10.0 Å². The van der Waals surface area contributed by atoms with Gasteiger partial charge in [-0.25, -0.2) is 13.1 Å². The van der Waals surface area contributed by atoms with Crippen molar-refractivity contribution >= 4 is 15.7 Å². The second kappa shape index (κ2) is 6.74. The second-order valence-electron chi connectivity index (χ2n) is 4.92. The van der Waals surface area contributed by atoms with E-state index in [0.717, 1.165) is 11.3 Å². The average Bonchev–Trinajstić information content (AvgIpc) is 2.48. The van der Waals surface area contributed by atoms with Crippen molar-refractivity contribution < 1.29 is 8.42 Å². The van der Waals surface area contributed by atoms with Crippen LogP contribution in [0.15, 0.2) is 59.5 Å². The van der Waals surface area contributed by atoms with Gasteiger partial charge in [-0.2, -0.15) is 0 Å². The maximum absolute atomic E-state index is 12.2. The molecule has 1 N–H and O–H groups in total. The highest BCUT2D eigenvalue weighted by Gasteiger charge is 2.15. The molecule has 4 nitrogen and oxygen atoms in total. The Morgan fingerprint density at radius 3 is 2.29 bits per heavy atom. The first-order valence-electron chi connectivity index (χ1n) is 6.82. The third-order valence-electron chi connectivity index (χ3n) is 3.32. The first kappa shape index (κ1) is 15.5. The van der Waals surface area contributed by atoms with Crippen LogP contribution in [0.1, 0.15) is 5.56 Å². The Hall–Kier alpha value is -1.85. The second-order valence-corrected chi connectivity index (χ2v) is 6.66. The van der Waals surface area contributed by atoms with Crippen molar-refractivity contribution in [3.63, 3.8) is 0 Å². The zero-order valence-corrected chi connectivity index (χ0v) is 13.1.